The van der Waals surface area contributed by atoms with Gasteiger partial charge in [0.05, 0.1) is 0 Å². The van der Waals surface area contributed by atoms with Crippen molar-refractivity contribution in [3.8, 4) is 0 Å². The first-order valence-electron chi connectivity index (χ1n) is 6.06. The summed E-state index contributed by atoms with van der Waals surface area (Å²) in [4.78, 5) is 36.8. The first-order valence-corrected chi connectivity index (χ1v) is 6.06. The molecule has 1 fully saturated rings. The van der Waals surface area contributed by atoms with Crippen molar-refractivity contribution < 1.29 is 14.4 Å². The smallest absolute Gasteiger partial charge is 0.277 e. The molecule has 2 unspecified atom stereocenters. The summed E-state index contributed by atoms with van der Waals surface area (Å²) in [6.07, 6.45) is 1.68. The lowest BCUT2D eigenvalue weighted by Crippen LogP contribution is -2.64. The Bertz CT molecular complexity index is 354. The van der Waals surface area contributed by atoms with Crippen molar-refractivity contribution in [1.82, 2.24) is 10.2 Å². The second kappa shape index (κ2) is 4.85. The maximum Gasteiger partial charge on any atom is 0.330 e. The highest BCUT2D eigenvalue weighted by atomic mass is 16.2. The number of nitrogens with one attached hydrogen (secondary N) is 1. The molecule has 1 saturated heterocycles. The van der Waals surface area contributed by atoms with Gasteiger partial charge >= 0.3 is 6.03 Å². The summed E-state index contributed by atoms with van der Waals surface area (Å²) in [5.74, 6) is -0.935. The van der Waals surface area contributed by atoms with Crippen molar-refractivity contribution in [2.75, 3.05) is 6.54 Å². The summed E-state index contributed by atoms with van der Waals surface area (Å²) in [7, 11) is 0. The third kappa shape index (κ3) is 2.06. The molecule has 5 nitrogen and oxygen atoms in total. The number of hydrogen-bond donors (Lipinski definition) is 1. The zero-order chi connectivity index (χ0) is 13.2. The molecule has 2 atom stereocenters. The van der Waals surface area contributed by atoms with Crippen molar-refractivity contribution in [2.45, 2.75) is 40.5 Å². The van der Waals surface area contributed by atoms with E-state index < -0.39 is 17.4 Å². The van der Waals surface area contributed by atoms with Gasteiger partial charge < -0.3 is 0 Å². The van der Waals surface area contributed by atoms with Crippen LogP contribution >= 0.6 is 0 Å². The Morgan fingerprint density at radius 2 is 1.88 bits per heavy atom. The number of carbonyl (C=O) groups is 3. The Balaban J connectivity index is 3.08. The van der Waals surface area contributed by atoms with Crippen molar-refractivity contribution in [1.29, 1.82) is 0 Å². The van der Waals surface area contributed by atoms with E-state index in [1.807, 2.05) is 13.8 Å². The molecule has 1 N–H and O–H groups in total. The van der Waals surface area contributed by atoms with E-state index in [0.717, 1.165) is 17.7 Å². The fourth-order valence-electron chi connectivity index (χ4n) is 2.21. The molecule has 0 radical (unpaired) electrons. The maximum atomic E-state index is 12.3. The predicted molar refractivity (Wildman–Crippen MR) is 63.1 cm³/mol. The topological polar surface area (TPSA) is 66.5 Å². The van der Waals surface area contributed by atoms with Crippen LogP contribution in [0.3, 0.4) is 0 Å². The minimum Gasteiger partial charge on any atom is -0.277 e. The highest BCUT2D eigenvalue weighted by molar-refractivity contribution is 6.19. The Morgan fingerprint density at radius 3 is 2.35 bits per heavy atom. The molecule has 17 heavy (non-hydrogen) atoms. The molecule has 4 amide bonds. The molecule has 0 aromatic rings. The van der Waals surface area contributed by atoms with E-state index in [1.54, 1.807) is 13.8 Å². The summed E-state index contributed by atoms with van der Waals surface area (Å²) in [6.45, 7) is 7.52. The van der Waals surface area contributed by atoms with Gasteiger partial charge in [0.1, 0.15) is 5.41 Å². The summed E-state index contributed by atoms with van der Waals surface area (Å²) in [5, 5.41) is 2.27. The van der Waals surface area contributed by atoms with Crippen LogP contribution in [0.4, 0.5) is 4.79 Å². The molecule has 0 saturated carbocycles. The zero-order valence-corrected chi connectivity index (χ0v) is 10.9. The van der Waals surface area contributed by atoms with Gasteiger partial charge in [-0.25, -0.2) is 4.79 Å². The average Bonchev–Trinajstić information content (AvgIpc) is 2.27. The SMILES string of the molecule is CCCC(C)C1(C)C(=O)NC(=O)N(CC)C1=O. The molecule has 1 heterocycles. The summed E-state index contributed by atoms with van der Waals surface area (Å²) >= 11 is 0. The van der Waals surface area contributed by atoms with Crippen LogP contribution in [0.2, 0.25) is 0 Å². The van der Waals surface area contributed by atoms with E-state index in [-0.39, 0.29) is 18.4 Å². The third-order valence-electron chi connectivity index (χ3n) is 3.65. The normalized spacial score (nSPS) is 27.1. The molecular weight excluding hydrogens is 220 g/mol. The van der Waals surface area contributed by atoms with Gasteiger partial charge in [-0.3, -0.25) is 19.8 Å². The van der Waals surface area contributed by atoms with E-state index >= 15 is 0 Å². The number of barbiturate groups is 1. The molecule has 1 aliphatic heterocycles. The van der Waals surface area contributed by atoms with Gasteiger partial charge in [-0.2, -0.15) is 0 Å². The standard InChI is InChI=1S/C12H20N2O3/c1-5-7-8(3)12(4)9(15)13-11(17)14(6-2)10(12)16/h8H,5-7H2,1-4H3,(H,13,15,17). The van der Waals surface area contributed by atoms with Crippen molar-refractivity contribution in [3.63, 3.8) is 0 Å². The van der Waals surface area contributed by atoms with Gasteiger partial charge in [-0.15, -0.1) is 0 Å². The lowest BCUT2D eigenvalue weighted by molar-refractivity contribution is -0.153. The Kier molecular flexibility index (Phi) is 3.91. The average molecular weight is 240 g/mol. The van der Waals surface area contributed by atoms with Gasteiger partial charge in [0.25, 0.3) is 0 Å². The summed E-state index contributed by atoms with van der Waals surface area (Å²) in [6, 6.07) is -0.608. The van der Waals surface area contributed by atoms with Crippen LogP contribution in [0.1, 0.15) is 40.5 Å². The van der Waals surface area contributed by atoms with E-state index in [9.17, 15) is 14.4 Å². The molecule has 0 aromatic heterocycles. The van der Waals surface area contributed by atoms with Gasteiger partial charge in [-0.1, -0.05) is 20.3 Å². The van der Waals surface area contributed by atoms with Crippen LogP contribution in [0, 0.1) is 11.3 Å². The van der Waals surface area contributed by atoms with Crippen molar-refractivity contribution in [3.05, 3.63) is 0 Å². The van der Waals surface area contributed by atoms with Crippen molar-refractivity contribution in [2.24, 2.45) is 11.3 Å². The summed E-state index contributed by atoms with van der Waals surface area (Å²) < 4.78 is 0. The predicted octanol–water partition coefficient (Wildman–Crippen LogP) is 1.53. The molecule has 0 aliphatic carbocycles. The highest BCUT2D eigenvalue weighted by Gasteiger charge is 2.52. The summed E-state index contributed by atoms with van der Waals surface area (Å²) in [5.41, 5.74) is -1.13. The molecule has 5 heteroatoms. The van der Waals surface area contributed by atoms with E-state index in [1.165, 1.54) is 0 Å². The maximum absolute atomic E-state index is 12.3. The lowest BCUT2D eigenvalue weighted by Gasteiger charge is -2.40. The van der Waals surface area contributed by atoms with Crippen LogP contribution in [0.15, 0.2) is 0 Å². The molecule has 0 aromatic carbocycles. The monoisotopic (exact) mass is 240 g/mol. The number of imide groups is 2. The number of carbonyl (C=O) groups excluding carboxylic acids is 3. The lowest BCUT2D eigenvalue weighted by atomic mass is 9.73. The number of nitrogens with zero attached hydrogens (tertiary/aromatic N) is 1. The van der Waals surface area contributed by atoms with Gasteiger partial charge in [0, 0.05) is 6.54 Å². The minimum atomic E-state index is -1.13. The molecule has 96 valence electrons. The number of hydrogen-bond acceptors (Lipinski definition) is 3. The van der Waals surface area contributed by atoms with E-state index in [2.05, 4.69) is 5.32 Å². The number of rotatable bonds is 4. The fraction of sp³-hybridized carbons (Fsp3) is 0.750. The second-order valence-electron chi connectivity index (χ2n) is 4.70. The largest absolute Gasteiger partial charge is 0.330 e. The zero-order valence-electron chi connectivity index (χ0n) is 10.9. The molecule has 0 spiro atoms. The van der Waals surface area contributed by atoms with Crippen LogP contribution in [-0.4, -0.2) is 29.3 Å². The van der Waals surface area contributed by atoms with Gasteiger partial charge in [-0.05, 0) is 26.2 Å². The van der Waals surface area contributed by atoms with E-state index in [4.69, 9.17) is 0 Å². The van der Waals surface area contributed by atoms with Crippen molar-refractivity contribution >= 4 is 17.8 Å². The van der Waals surface area contributed by atoms with Crippen LogP contribution in [-0.2, 0) is 9.59 Å². The second-order valence-corrected chi connectivity index (χ2v) is 4.70. The van der Waals surface area contributed by atoms with Crippen LogP contribution < -0.4 is 5.32 Å². The quantitative estimate of drug-likeness (QED) is 0.758. The van der Waals surface area contributed by atoms with Gasteiger partial charge in [0.2, 0.25) is 11.8 Å². The first kappa shape index (κ1) is 13.7. The minimum absolute atomic E-state index is 0.0813. The Hall–Kier alpha value is -1.39. The van der Waals surface area contributed by atoms with Crippen LogP contribution in [0.25, 0.3) is 0 Å². The number of amides is 4. The molecule has 1 aliphatic rings. The van der Waals surface area contributed by atoms with Gasteiger partial charge in [0.15, 0.2) is 0 Å². The molecule has 1 rings (SSSR count). The molecular formula is C12H20N2O3. The van der Waals surface area contributed by atoms with Crippen LogP contribution in [0.5, 0.6) is 0 Å². The number of urea groups is 1. The molecule has 0 bridgehead atoms. The fourth-order valence-corrected chi connectivity index (χ4v) is 2.21. The first-order chi connectivity index (χ1) is 7.89. The Labute approximate surface area is 102 Å². The Morgan fingerprint density at radius 1 is 1.29 bits per heavy atom. The third-order valence-corrected chi connectivity index (χ3v) is 3.65. The highest BCUT2D eigenvalue weighted by Crippen LogP contribution is 2.35. The van der Waals surface area contributed by atoms with E-state index in [0.29, 0.717) is 0 Å².